The number of aryl methyl sites for hydroxylation is 1. The summed E-state index contributed by atoms with van der Waals surface area (Å²) >= 11 is 0. The van der Waals surface area contributed by atoms with Crippen molar-refractivity contribution in [3.63, 3.8) is 0 Å². The van der Waals surface area contributed by atoms with Crippen LogP contribution in [0.15, 0.2) is 53.5 Å². The maximum absolute atomic E-state index is 4.64. The van der Waals surface area contributed by atoms with Crippen molar-refractivity contribution >= 4 is 17.6 Å². The Morgan fingerprint density at radius 3 is 2.43 bits per heavy atom. The first-order valence-electron chi connectivity index (χ1n) is 7.84. The fourth-order valence-corrected chi connectivity index (χ4v) is 2.83. The van der Waals surface area contributed by atoms with Gasteiger partial charge in [-0.3, -0.25) is 4.99 Å². The molecular formula is C19H22N2. The largest absolute Gasteiger partial charge is 0.372 e. The Morgan fingerprint density at radius 2 is 1.71 bits per heavy atom. The Labute approximate surface area is 127 Å². The molecule has 0 unspecified atom stereocenters. The monoisotopic (exact) mass is 278 g/mol. The predicted molar refractivity (Wildman–Crippen MR) is 91.0 cm³/mol. The number of anilines is 1. The molecule has 0 aromatic heterocycles. The van der Waals surface area contributed by atoms with E-state index in [1.54, 1.807) is 0 Å². The lowest BCUT2D eigenvalue weighted by molar-refractivity contribution is 0.949. The van der Waals surface area contributed by atoms with Crippen LogP contribution in [0.25, 0.3) is 0 Å². The summed E-state index contributed by atoms with van der Waals surface area (Å²) in [5.74, 6) is 0. The van der Waals surface area contributed by atoms with E-state index in [1.807, 2.05) is 12.3 Å². The van der Waals surface area contributed by atoms with Crippen LogP contribution in [0.4, 0.5) is 11.4 Å². The maximum Gasteiger partial charge on any atom is 0.0661 e. The van der Waals surface area contributed by atoms with E-state index in [4.69, 9.17) is 0 Å². The van der Waals surface area contributed by atoms with Gasteiger partial charge in [0.05, 0.1) is 5.69 Å². The smallest absolute Gasteiger partial charge is 0.0661 e. The highest BCUT2D eigenvalue weighted by Crippen LogP contribution is 2.21. The molecule has 2 heteroatoms. The van der Waals surface area contributed by atoms with Gasteiger partial charge in [0.1, 0.15) is 0 Å². The fraction of sp³-hybridized carbons (Fsp3) is 0.316. The van der Waals surface area contributed by atoms with Gasteiger partial charge in [-0.25, -0.2) is 0 Å². The Hall–Kier alpha value is -2.09. The average Bonchev–Trinajstić information content (AvgIpc) is 3.08. The lowest BCUT2D eigenvalue weighted by Crippen LogP contribution is -2.17. The van der Waals surface area contributed by atoms with Crippen molar-refractivity contribution in [2.75, 3.05) is 18.0 Å². The van der Waals surface area contributed by atoms with Crippen molar-refractivity contribution < 1.29 is 0 Å². The molecule has 1 saturated heterocycles. The first kappa shape index (κ1) is 13.9. The number of aliphatic imine (C=N–C) groups is 1. The van der Waals surface area contributed by atoms with E-state index in [1.165, 1.54) is 37.2 Å². The minimum Gasteiger partial charge on any atom is -0.372 e. The van der Waals surface area contributed by atoms with Crippen molar-refractivity contribution in [3.05, 3.63) is 59.7 Å². The second-order valence-corrected chi connectivity index (χ2v) is 5.53. The van der Waals surface area contributed by atoms with E-state index < -0.39 is 0 Å². The second kappa shape index (κ2) is 6.57. The molecule has 2 nitrogen and oxygen atoms in total. The van der Waals surface area contributed by atoms with Gasteiger partial charge in [-0.1, -0.05) is 37.3 Å². The van der Waals surface area contributed by atoms with Crippen LogP contribution in [0, 0.1) is 0 Å². The molecule has 0 bridgehead atoms. The van der Waals surface area contributed by atoms with E-state index in [0.29, 0.717) is 0 Å². The first-order chi connectivity index (χ1) is 10.4. The highest BCUT2D eigenvalue weighted by atomic mass is 15.1. The summed E-state index contributed by atoms with van der Waals surface area (Å²) in [6.07, 6.45) is 5.61. The summed E-state index contributed by atoms with van der Waals surface area (Å²) in [5.41, 5.74) is 4.86. The molecule has 0 atom stereocenters. The Morgan fingerprint density at radius 1 is 1.00 bits per heavy atom. The van der Waals surface area contributed by atoms with Crippen molar-refractivity contribution in [1.82, 2.24) is 0 Å². The van der Waals surface area contributed by atoms with Gasteiger partial charge in [0.2, 0.25) is 0 Å². The molecule has 3 rings (SSSR count). The van der Waals surface area contributed by atoms with Gasteiger partial charge in [0.15, 0.2) is 0 Å². The summed E-state index contributed by atoms with van der Waals surface area (Å²) in [7, 11) is 0. The predicted octanol–water partition coefficient (Wildman–Crippen LogP) is 4.60. The Kier molecular flexibility index (Phi) is 4.34. The molecule has 108 valence electrons. The lowest BCUT2D eigenvalue weighted by atomic mass is 10.1. The van der Waals surface area contributed by atoms with Crippen LogP contribution in [-0.2, 0) is 6.42 Å². The quantitative estimate of drug-likeness (QED) is 0.746. The highest BCUT2D eigenvalue weighted by Gasteiger charge is 2.11. The van der Waals surface area contributed by atoms with Crippen molar-refractivity contribution in [3.8, 4) is 0 Å². The normalized spacial score (nSPS) is 15.0. The number of rotatable bonds is 4. The molecule has 1 fully saturated rings. The molecule has 1 aliphatic rings. The summed E-state index contributed by atoms with van der Waals surface area (Å²) in [4.78, 5) is 7.09. The summed E-state index contributed by atoms with van der Waals surface area (Å²) in [5, 5.41) is 0. The van der Waals surface area contributed by atoms with Gasteiger partial charge in [0, 0.05) is 25.0 Å². The van der Waals surface area contributed by atoms with Gasteiger partial charge >= 0.3 is 0 Å². The lowest BCUT2D eigenvalue weighted by Gasteiger charge is -2.17. The summed E-state index contributed by atoms with van der Waals surface area (Å²) in [6, 6.07) is 17.1. The zero-order chi connectivity index (χ0) is 14.5. The van der Waals surface area contributed by atoms with Crippen LogP contribution in [0.2, 0.25) is 0 Å². The van der Waals surface area contributed by atoms with E-state index >= 15 is 0 Å². The minimum atomic E-state index is 1.02. The van der Waals surface area contributed by atoms with Crippen LogP contribution in [-0.4, -0.2) is 19.3 Å². The van der Waals surface area contributed by atoms with Crippen LogP contribution in [0.1, 0.15) is 30.9 Å². The van der Waals surface area contributed by atoms with E-state index in [0.717, 1.165) is 17.7 Å². The van der Waals surface area contributed by atoms with Gasteiger partial charge in [-0.15, -0.1) is 0 Å². The van der Waals surface area contributed by atoms with E-state index in [2.05, 4.69) is 59.3 Å². The number of nitrogens with zero attached hydrogens (tertiary/aromatic N) is 2. The second-order valence-electron chi connectivity index (χ2n) is 5.53. The number of hydrogen-bond donors (Lipinski definition) is 0. The van der Waals surface area contributed by atoms with E-state index in [9.17, 15) is 0 Å². The highest BCUT2D eigenvalue weighted by molar-refractivity contribution is 5.83. The molecule has 0 saturated carbocycles. The van der Waals surface area contributed by atoms with Crippen LogP contribution < -0.4 is 4.90 Å². The molecule has 0 spiro atoms. The van der Waals surface area contributed by atoms with Crippen LogP contribution in [0.5, 0.6) is 0 Å². The molecule has 1 heterocycles. The number of para-hydroxylation sites is 1. The zero-order valence-electron chi connectivity index (χ0n) is 12.6. The minimum absolute atomic E-state index is 1.02. The third kappa shape index (κ3) is 3.33. The van der Waals surface area contributed by atoms with Crippen molar-refractivity contribution in [2.45, 2.75) is 26.2 Å². The standard InChI is InChI=1S/C19H22N2/c1-2-17-7-3-4-8-19(17)20-15-16-9-11-18(12-10-16)21-13-5-6-14-21/h3-4,7-12,15H,2,5-6,13-14H2,1H3. The molecule has 1 aliphatic heterocycles. The Bertz CT molecular complexity index is 608. The van der Waals surface area contributed by atoms with Crippen molar-refractivity contribution in [1.29, 1.82) is 0 Å². The maximum atomic E-state index is 4.64. The van der Waals surface area contributed by atoms with Crippen LogP contribution in [0.3, 0.4) is 0 Å². The van der Waals surface area contributed by atoms with Gasteiger partial charge < -0.3 is 4.90 Å². The number of hydrogen-bond acceptors (Lipinski definition) is 2. The summed E-state index contributed by atoms with van der Waals surface area (Å²) in [6.45, 7) is 4.55. The summed E-state index contributed by atoms with van der Waals surface area (Å²) < 4.78 is 0. The average molecular weight is 278 g/mol. The Balaban J connectivity index is 1.74. The molecular weight excluding hydrogens is 256 g/mol. The molecule has 0 aliphatic carbocycles. The van der Waals surface area contributed by atoms with Crippen molar-refractivity contribution in [2.24, 2.45) is 4.99 Å². The molecule has 0 radical (unpaired) electrons. The first-order valence-corrected chi connectivity index (χ1v) is 7.84. The van der Waals surface area contributed by atoms with Gasteiger partial charge in [-0.05, 0) is 48.6 Å². The van der Waals surface area contributed by atoms with Gasteiger partial charge in [0.25, 0.3) is 0 Å². The molecule has 2 aromatic carbocycles. The molecule has 21 heavy (non-hydrogen) atoms. The molecule has 0 amide bonds. The fourth-order valence-electron chi connectivity index (χ4n) is 2.83. The topological polar surface area (TPSA) is 15.6 Å². The third-order valence-corrected chi connectivity index (χ3v) is 4.09. The van der Waals surface area contributed by atoms with Crippen LogP contribution >= 0.6 is 0 Å². The van der Waals surface area contributed by atoms with E-state index in [-0.39, 0.29) is 0 Å². The SMILES string of the molecule is CCc1ccccc1N=Cc1ccc(N2CCCC2)cc1. The number of benzene rings is 2. The third-order valence-electron chi connectivity index (χ3n) is 4.09. The molecule has 2 aromatic rings. The molecule has 0 N–H and O–H groups in total. The van der Waals surface area contributed by atoms with Gasteiger partial charge in [-0.2, -0.15) is 0 Å². The zero-order valence-corrected chi connectivity index (χ0v) is 12.6.